The number of ether oxygens (including phenoxy) is 4. The van der Waals surface area contributed by atoms with E-state index < -0.39 is 16.6 Å². The van der Waals surface area contributed by atoms with Crippen LogP contribution in [0.15, 0.2) is 60.7 Å². The zero-order chi connectivity index (χ0) is 38.8. The van der Waals surface area contributed by atoms with Gasteiger partial charge in [0.2, 0.25) is 0 Å². The summed E-state index contributed by atoms with van der Waals surface area (Å²) < 4.78 is 20.9. The van der Waals surface area contributed by atoms with Crippen molar-refractivity contribution in [3.05, 3.63) is 71.8 Å². The van der Waals surface area contributed by atoms with Crippen LogP contribution in [0.1, 0.15) is 97.6 Å². The van der Waals surface area contributed by atoms with Gasteiger partial charge in [-0.3, -0.25) is 4.79 Å². The first-order valence-electron chi connectivity index (χ1n) is 18.8. The average molecular weight is 756 g/mol. The summed E-state index contributed by atoms with van der Waals surface area (Å²) >= 11 is 4.97. The molecule has 2 amide bonds. The second kappa shape index (κ2) is 19.0. The van der Waals surface area contributed by atoms with Crippen molar-refractivity contribution in [3.63, 3.8) is 0 Å². The summed E-state index contributed by atoms with van der Waals surface area (Å²) in [6.07, 6.45) is 6.00. The average Bonchev–Trinajstić information content (AvgIpc) is 3.87. The lowest BCUT2D eigenvalue weighted by Crippen LogP contribution is -2.40. The zero-order valence-electron chi connectivity index (χ0n) is 32.1. The maximum Gasteiger partial charge on any atom is 0.410 e. The van der Waals surface area contributed by atoms with Crippen molar-refractivity contribution in [1.29, 1.82) is 0 Å². The van der Waals surface area contributed by atoms with Crippen molar-refractivity contribution in [3.8, 4) is 0 Å². The van der Waals surface area contributed by atoms with E-state index in [1.807, 2.05) is 112 Å². The van der Waals surface area contributed by atoms with Crippen molar-refractivity contribution in [1.82, 2.24) is 9.80 Å². The Balaban J connectivity index is 0.000000197. The molecule has 11 nitrogen and oxygen atoms in total. The van der Waals surface area contributed by atoms with E-state index in [-0.39, 0.29) is 36.8 Å². The molecule has 6 rings (SSSR count). The summed E-state index contributed by atoms with van der Waals surface area (Å²) in [5.74, 6) is 1.03. The molecule has 2 unspecified atom stereocenters. The highest BCUT2D eigenvalue weighted by Gasteiger charge is 2.47. The minimum Gasteiger partial charge on any atom is -0.461 e. The summed E-state index contributed by atoms with van der Waals surface area (Å²) in [6.45, 7) is 13.5. The van der Waals surface area contributed by atoms with Crippen molar-refractivity contribution >= 4 is 35.2 Å². The van der Waals surface area contributed by atoms with Gasteiger partial charge in [0, 0.05) is 49.2 Å². The van der Waals surface area contributed by atoms with Crippen LogP contribution in [0.4, 0.5) is 14.4 Å². The quantitative estimate of drug-likeness (QED) is 0.175. The van der Waals surface area contributed by atoms with Crippen molar-refractivity contribution < 1.29 is 38.1 Å². The Morgan fingerprint density at radius 3 is 1.60 bits per heavy atom. The normalized spacial score (nSPS) is 24.5. The van der Waals surface area contributed by atoms with Gasteiger partial charge in [-0.25, -0.2) is 14.4 Å². The van der Waals surface area contributed by atoms with Gasteiger partial charge in [0.05, 0.1) is 0 Å². The number of nitrogens with two attached hydrogens (primary N) is 1. The van der Waals surface area contributed by atoms with E-state index in [0.29, 0.717) is 36.8 Å². The summed E-state index contributed by atoms with van der Waals surface area (Å²) in [5.41, 5.74) is 6.31. The molecule has 12 heteroatoms. The van der Waals surface area contributed by atoms with Gasteiger partial charge in [-0.1, -0.05) is 60.7 Å². The predicted octanol–water partition coefficient (Wildman–Crippen LogP) is 8.45. The van der Waals surface area contributed by atoms with Crippen molar-refractivity contribution in [2.45, 2.75) is 129 Å². The van der Waals surface area contributed by atoms with Gasteiger partial charge >= 0.3 is 23.6 Å². The molecule has 2 saturated carbocycles. The Morgan fingerprint density at radius 2 is 1.11 bits per heavy atom. The lowest BCUT2D eigenvalue weighted by atomic mass is 9.90. The molecule has 2 aromatic rings. The summed E-state index contributed by atoms with van der Waals surface area (Å²) in [5, 5.41) is 0. The number of fused-ring (bicyclic) bond motifs is 2. The van der Waals surface area contributed by atoms with Crippen LogP contribution in [-0.4, -0.2) is 75.8 Å². The highest BCUT2D eigenvalue weighted by Crippen LogP contribution is 2.44. The number of hydrogen-bond acceptors (Lipinski definition) is 9. The Bertz CT molecular complexity index is 1500. The number of halogens is 1. The molecule has 2 aromatic carbocycles. The molecule has 6 atom stereocenters. The minimum absolute atomic E-state index is 0.143. The Morgan fingerprint density at radius 1 is 0.660 bits per heavy atom. The third kappa shape index (κ3) is 13.2. The molecule has 0 aromatic heterocycles. The van der Waals surface area contributed by atoms with Crippen LogP contribution in [-0.2, 0) is 37.0 Å². The standard InChI is InChI=1S/C21H29NO4.C12H22N2O2.C8H7ClO2/c1-21(2,3)26-20(24)22-12-11-17-16(9-10-18(17)22)13-19(23)25-14-15-7-5-4-6-8-15;1-12(2,3)16-11(15)14-7-6-8-9(13)4-5-10(8)14;9-8(10)11-6-7-4-2-1-3-5-7/h4-8,16-18H,9-14H2,1-3H3;8-10H,4-7,13H2,1-3H3;1-5H,6H2/t16?,17-,18+;8-,9?,10+;/m00./s1. The van der Waals surface area contributed by atoms with Gasteiger partial charge in [0.1, 0.15) is 24.4 Å². The van der Waals surface area contributed by atoms with Gasteiger partial charge in [-0.2, -0.15) is 0 Å². The number of rotatable bonds is 6. The fourth-order valence-corrected chi connectivity index (χ4v) is 7.85. The lowest BCUT2D eigenvalue weighted by molar-refractivity contribution is -0.146. The number of hydrogen-bond donors (Lipinski definition) is 1. The van der Waals surface area contributed by atoms with Crippen LogP contribution in [0.5, 0.6) is 0 Å². The van der Waals surface area contributed by atoms with Crippen LogP contribution in [0.2, 0.25) is 0 Å². The molecule has 292 valence electrons. The summed E-state index contributed by atoms with van der Waals surface area (Å²) in [7, 11) is 0. The monoisotopic (exact) mass is 755 g/mol. The van der Waals surface area contributed by atoms with E-state index in [9.17, 15) is 19.2 Å². The molecule has 2 heterocycles. The van der Waals surface area contributed by atoms with E-state index in [1.54, 1.807) is 0 Å². The first-order chi connectivity index (χ1) is 25.0. The molecule has 0 spiro atoms. The van der Waals surface area contributed by atoms with Gasteiger partial charge < -0.3 is 34.5 Å². The number of carbonyl (C=O) groups excluding carboxylic acids is 4. The molecular formula is C41H58ClN3O8. The van der Waals surface area contributed by atoms with E-state index >= 15 is 0 Å². The molecular weight excluding hydrogens is 698 g/mol. The number of carbonyl (C=O) groups is 4. The summed E-state index contributed by atoms with van der Waals surface area (Å²) in [6, 6.07) is 19.9. The fourth-order valence-electron chi connectivity index (χ4n) is 7.79. The molecule has 0 radical (unpaired) electrons. The number of likely N-dealkylation sites (tertiary alicyclic amines) is 2. The van der Waals surface area contributed by atoms with E-state index in [2.05, 4.69) is 4.74 Å². The van der Waals surface area contributed by atoms with Crippen LogP contribution in [0.25, 0.3) is 0 Å². The van der Waals surface area contributed by atoms with Gasteiger partial charge in [-0.05, 0) is 109 Å². The predicted molar refractivity (Wildman–Crippen MR) is 203 cm³/mol. The van der Waals surface area contributed by atoms with Crippen molar-refractivity contribution in [2.75, 3.05) is 13.1 Å². The summed E-state index contributed by atoms with van der Waals surface area (Å²) in [4.78, 5) is 50.5. The molecule has 0 bridgehead atoms. The van der Waals surface area contributed by atoms with Crippen LogP contribution in [0, 0.1) is 17.8 Å². The first kappa shape index (κ1) is 41.9. The lowest BCUT2D eigenvalue weighted by Gasteiger charge is -2.28. The van der Waals surface area contributed by atoms with Crippen molar-refractivity contribution in [2.24, 2.45) is 23.5 Å². The molecule has 4 aliphatic rings. The SMILES string of the molecule is CC(C)(C)OC(=O)N1CC[C@H]2C(CC(=O)OCc3ccccc3)CC[C@H]21.CC(C)(C)OC(=O)N1CC[C@H]2C(N)CC[C@H]21.O=C(Cl)OCc1ccccc1. The third-order valence-corrected chi connectivity index (χ3v) is 10.2. The van der Waals surface area contributed by atoms with Gasteiger partial charge in [0.25, 0.3) is 0 Å². The Labute approximate surface area is 319 Å². The number of amides is 2. The fraction of sp³-hybridized carbons (Fsp3) is 0.610. The number of esters is 1. The molecule has 2 N–H and O–H groups in total. The van der Waals surface area contributed by atoms with Gasteiger partial charge in [-0.15, -0.1) is 0 Å². The number of nitrogens with zero attached hydrogens (tertiary/aromatic N) is 2. The maximum absolute atomic E-state index is 12.4. The van der Waals surface area contributed by atoms with Crippen LogP contribution < -0.4 is 5.73 Å². The smallest absolute Gasteiger partial charge is 0.410 e. The second-order valence-corrected chi connectivity index (χ2v) is 16.6. The van der Waals surface area contributed by atoms with E-state index in [4.69, 9.17) is 31.5 Å². The highest BCUT2D eigenvalue weighted by atomic mass is 35.5. The molecule has 53 heavy (non-hydrogen) atoms. The highest BCUT2D eigenvalue weighted by molar-refractivity contribution is 6.61. The Kier molecular flexibility index (Phi) is 15.0. The Hall–Kier alpha value is -3.83. The van der Waals surface area contributed by atoms with E-state index in [1.165, 1.54) is 0 Å². The van der Waals surface area contributed by atoms with Crippen LogP contribution >= 0.6 is 11.6 Å². The zero-order valence-corrected chi connectivity index (χ0v) is 32.9. The number of benzene rings is 2. The molecule has 2 aliphatic heterocycles. The minimum atomic E-state index is -0.770. The van der Waals surface area contributed by atoms with E-state index in [0.717, 1.165) is 62.7 Å². The molecule has 2 aliphatic carbocycles. The largest absolute Gasteiger partial charge is 0.461 e. The molecule has 2 saturated heterocycles. The molecule has 4 fully saturated rings. The maximum atomic E-state index is 12.4. The van der Waals surface area contributed by atoms with Crippen LogP contribution in [0.3, 0.4) is 0 Å². The topological polar surface area (TPSA) is 138 Å². The third-order valence-electron chi connectivity index (χ3n) is 10.1. The second-order valence-electron chi connectivity index (χ2n) is 16.3. The first-order valence-corrected chi connectivity index (χ1v) is 19.2. The van der Waals surface area contributed by atoms with Gasteiger partial charge in [0.15, 0.2) is 0 Å².